The van der Waals surface area contributed by atoms with E-state index in [-0.39, 0.29) is 18.5 Å². The average Bonchev–Trinajstić information content (AvgIpc) is 2.44. The molecule has 0 spiro atoms. The van der Waals surface area contributed by atoms with E-state index in [0.29, 0.717) is 19.8 Å². The summed E-state index contributed by atoms with van der Waals surface area (Å²) >= 11 is 0. The average molecular weight is 286 g/mol. The quantitative estimate of drug-likeness (QED) is 0.715. The first-order valence-electron chi connectivity index (χ1n) is 7.42. The number of morpholine rings is 1. The summed E-state index contributed by atoms with van der Waals surface area (Å²) in [5, 5.41) is 8.93. The predicted molar refractivity (Wildman–Crippen MR) is 75.6 cm³/mol. The van der Waals surface area contributed by atoms with E-state index >= 15 is 0 Å². The molecule has 0 saturated carbocycles. The van der Waals surface area contributed by atoms with Crippen LogP contribution < -0.4 is 0 Å². The van der Waals surface area contributed by atoms with Crippen molar-refractivity contribution in [2.75, 3.05) is 39.4 Å². The smallest absolute Gasteiger partial charge is 0.323 e. The fraction of sp³-hybridized carbons (Fsp3) is 0.857. The van der Waals surface area contributed by atoms with Crippen LogP contribution in [0.1, 0.15) is 33.1 Å². The van der Waals surface area contributed by atoms with E-state index in [4.69, 9.17) is 9.84 Å². The number of carbonyl (C=O) groups is 2. The molecule has 1 fully saturated rings. The molecule has 1 amide bonds. The fourth-order valence-electron chi connectivity index (χ4n) is 2.41. The first kappa shape index (κ1) is 16.9. The van der Waals surface area contributed by atoms with Crippen LogP contribution in [0.2, 0.25) is 0 Å². The van der Waals surface area contributed by atoms with Gasteiger partial charge in [0.15, 0.2) is 0 Å². The van der Waals surface area contributed by atoms with Gasteiger partial charge in [-0.05, 0) is 19.4 Å². The van der Waals surface area contributed by atoms with Gasteiger partial charge in [0.2, 0.25) is 5.91 Å². The van der Waals surface area contributed by atoms with Gasteiger partial charge in [-0.15, -0.1) is 0 Å². The first-order valence-corrected chi connectivity index (χ1v) is 7.42. The molecule has 0 aromatic heterocycles. The van der Waals surface area contributed by atoms with Crippen LogP contribution in [0.25, 0.3) is 0 Å². The minimum Gasteiger partial charge on any atom is -0.480 e. The second-order valence-corrected chi connectivity index (χ2v) is 5.13. The number of unbranched alkanes of at least 4 members (excludes halogenated alkanes) is 1. The molecule has 0 aliphatic carbocycles. The molecule has 6 nitrogen and oxygen atoms in total. The molecular formula is C14H26N2O4. The van der Waals surface area contributed by atoms with Gasteiger partial charge in [0.05, 0.1) is 13.2 Å². The van der Waals surface area contributed by atoms with Crippen LogP contribution in [-0.4, -0.2) is 72.2 Å². The Morgan fingerprint density at radius 3 is 2.70 bits per heavy atom. The fourth-order valence-corrected chi connectivity index (χ4v) is 2.41. The van der Waals surface area contributed by atoms with Crippen LogP contribution in [0.3, 0.4) is 0 Å². The molecule has 0 radical (unpaired) electrons. The Morgan fingerprint density at radius 1 is 1.35 bits per heavy atom. The van der Waals surface area contributed by atoms with Crippen molar-refractivity contribution in [3.8, 4) is 0 Å². The molecule has 20 heavy (non-hydrogen) atoms. The lowest BCUT2D eigenvalue weighted by Gasteiger charge is -2.37. The third kappa shape index (κ3) is 5.09. The van der Waals surface area contributed by atoms with Crippen LogP contribution in [0.4, 0.5) is 0 Å². The Balaban J connectivity index is 2.69. The molecule has 1 rings (SSSR count). The van der Waals surface area contributed by atoms with Crippen LogP contribution in [0.15, 0.2) is 0 Å². The van der Waals surface area contributed by atoms with Crippen LogP contribution in [-0.2, 0) is 14.3 Å². The van der Waals surface area contributed by atoms with Gasteiger partial charge < -0.3 is 14.7 Å². The van der Waals surface area contributed by atoms with Crippen LogP contribution in [0, 0.1) is 0 Å². The first-order chi connectivity index (χ1) is 9.60. The summed E-state index contributed by atoms with van der Waals surface area (Å²) in [5.74, 6) is -1.09. The van der Waals surface area contributed by atoms with Gasteiger partial charge in [0.1, 0.15) is 12.6 Å². The number of hydrogen-bond acceptors (Lipinski definition) is 4. The standard InChI is InChI=1S/C14H26N2O4/c1-3-5-7-15-8-9-20-11-12(15)14(19)16(6-4-2)10-13(17)18/h12H,3-11H2,1-2H3,(H,17,18). The topological polar surface area (TPSA) is 70.1 Å². The summed E-state index contributed by atoms with van der Waals surface area (Å²) < 4.78 is 5.41. The molecule has 1 heterocycles. The molecule has 1 unspecified atom stereocenters. The Kier molecular flexibility index (Phi) is 7.54. The van der Waals surface area contributed by atoms with Crippen molar-refractivity contribution < 1.29 is 19.4 Å². The number of nitrogens with zero attached hydrogens (tertiary/aromatic N) is 2. The van der Waals surface area contributed by atoms with E-state index in [1.807, 2.05) is 6.92 Å². The molecule has 1 aliphatic heterocycles. The van der Waals surface area contributed by atoms with Gasteiger partial charge in [-0.1, -0.05) is 20.3 Å². The highest BCUT2D eigenvalue weighted by molar-refractivity contribution is 5.85. The molecule has 1 saturated heterocycles. The maximum atomic E-state index is 12.5. The van der Waals surface area contributed by atoms with E-state index in [1.165, 1.54) is 4.90 Å². The second kappa shape index (κ2) is 8.92. The Hall–Kier alpha value is -1.14. The number of hydrogen-bond donors (Lipinski definition) is 1. The van der Waals surface area contributed by atoms with E-state index in [0.717, 1.165) is 32.4 Å². The highest BCUT2D eigenvalue weighted by atomic mass is 16.5. The number of rotatable bonds is 8. The monoisotopic (exact) mass is 286 g/mol. The maximum absolute atomic E-state index is 12.5. The highest BCUT2D eigenvalue weighted by Gasteiger charge is 2.32. The van der Waals surface area contributed by atoms with E-state index in [2.05, 4.69) is 11.8 Å². The normalized spacial score (nSPS) is 19.8. The van der Waals surface area contributed by atoms with Crippen molar-refractivity contribution in [2.45, 2.75) is 39.2 Å². The van der Waals surface area contributed by atoms with Crippen molar-refractivity contribution in [3.05, 3.63) is 0 Å². The van der Waals surface area contributed by atoms with Gasteiger partial charge >= 0.3 is 5.97 Å². The van der Waals surface area contributed by atoms with E-state index in [9.17, 15) is 9.59 Å². The number of carbonyl (C=O) groups excluding carboxylic acids is 1. The van der Waals surface area contributed by atoms with Crippen LogP contribution in [0.5, 0.6) is 0 Å². The molecule has 1 N–H and O–H groups in total. The largest absolute Gasteiger partial charge is 0.480 e. The van der Waals surface area contributed by atoms with Gasteiger partial charge in [0.25, 0.3) is 0 Å². The van der Waals surface area contributed by atoms with Gasteiger partial charge in [-0.2, -0.15) is 0 Å². The number of ether oxygens (including phenoxy) is 1. The molecule has 0 aromatic carbocycles. The van der Waals surface area contributed by atoms with Crippen molar-refractivity contribution in [1.29, 1.82) is 0 Å². The van der Waals surface area contributed by atoms with Crippen molar-refractivity contribution in [2.24, 2.45) is 0 Å². The highest BCUT2D eigenvalue weighted by Crippen LogP contribution is 2.12. The van der Waals surface area contributed by atoms with Gasteiger partial charge in [-0.25, -0.2) is 0 Å². The lowest BCUT2D eigenvalue weighted by Crippen LogP contribution is -2.55. The SMILES string of the molecule is CCCCN1CCOCC1C(=O)N(CCC)CC(=O)O. The number of carboxylic acid groups (broad SMARTS) is 1. The van der Waals surface area contributed by atoms with E-state index in [1.54, 1.807) is 0 Å². The Bertz CT molecular complexity index is 322. The summed E-state index contributed by atoms with van der Waals surface area (Å²) in [6, 6.07) is -0.332. The third-order valence-corrected chi connectivity index (χ3v) is 3.45. The summed E-state index contributed by atoms with van der Waals surface area (Å²) in [4.78, 5) is 27.0. The number of aliphatic carboxylic acids is 1. The summed E-state index contributed by atoms with van der Waals surface area (Å²) in [6.07, 6.45) is 2.87. The van der Waals surface area contributed by atoms with Crippen molar-refractivity contribution >= 4 is 11.9 Å². The number of amides is 1. The molecule has 0 aromatic rings. The Labute approximate surface area is 120 Å². The summed E-state index contributed by atoms with van der Waals surface area (Å²) in [5.41, 5.74) is 0. The van der Waals surface area contributed by atoms with Gasteiger partial charge in [0, 0.05) is 13.1 Å². The molecular weight excluding hydrogens is 260 g/mol. The molecule has 1 aliphatic rings. The molecule has 0 bridgehead atoms. The summed E-state index contributed by atoms with van der Waals surface area (Å²) in [7, 11) is 0. The lowest BCUT2D eigenvalue weighted by molar-refractivity contribution is -0.150. The minimum absolute atomic E-state index is 0.120. The predicted octanol–water partition coefficient (Wildman–Crippen LogP) is 0.810. The zero-order valence-electron chi connectivity index (χ0n) is 12.5. The molecule has 116 valence electrons. The maximum Gasteiger partial charge on any atom is 0.323 e. The lowest BCUT2D eigenvalue weighted by atomic mass is 10.1. The van der Waals surface area contributed by atoms with Crippen LogP contribution >= 0.6 is 0 Å². The Morgan fingerprint density at radius 2 is 2.10 bits per heavy atom. The van der Waals surface area contributed by atoms with E-state index < -0.39 is 5.97 Å². The molecule has 6 heteroatoms. The molecule has 1 atom stereocenters. The minimum atomic E-state index is -0.969. The van der Waals surface area contributed by atoms with Crippen molar-refractivity contribution in [3.63, 3.8) is 0 Å². The summed E-state index contributed by atoms with van der Waals surface area (Å²) in [6.45, 7) is 6.91. The second-order valence-electron chi connectivity index (χ2n) is 5.13. The van der Waals surface area contributed by atoms with Crippen molar-refractivity contribution in [1.82, 2.24) is 9.80 Å². The van der Waals surface area contributed by atoms with Gasteiger partial charge in [-0.3, -0.25) is 14.5 Å². The zero-order valence-corrected chi connectivity index (χ0v) is 12.5. The zero-order chi connectivity index (χ0) is 15.0. The third-order valence-electron chi connectivity index (χ3n) is 3.45. The number of carboxylic acids is 1.